The first kappa shape index (κ1) is 15.9. The first-order chi connectivity index (χ1) is 10.0. The van der Waals surface area contributed by atoms with Crippen molar-refractivity contribution in [2.45, 2.75) is 19.9 Å². The van der Waals surface area contributed by atoms with Crippen molar-refractivity contribution in [3.05, 3.63) is 51.2 Å². The number of rotatable bonds is 5. The van der Waals surface area contributed by atoms with Crippen LogP contribution in [0.5, 0.6) is 5.75 Å². The molecule has 0 aliphatic heterocycles. The van der Waals surface area contributed by atoms with Gasteiger partial charge < -0.3 is 10.1 Å². The quantitative estimate of drug-likeness (QED) is 0.877. The van der Waals surface area contributed by atoms with E-state index in [1.165, 1.54) is 11.3 Å². The molecule has 0 spiro atoms. The van der Waals surface area contributed by atoms with Crippen molar-refractivity contribution in [3.63, 3.8) is 0 Å². The fraction of sp³-hybridized carbons (Fsp3) is 0.312. The van der Waals surface area contributed by atoms with Gasteiger partial charge in [0.15, 0.2) is 0 Å². The van der Waals surface area contributed by atoms with E-state index in [2.05, 4.69) is 19.2 Å². The number of halogens is 1. The van der Waals surface area contributed by atoms with E-state index in [1.54, 1.807) is 19.2 Å². The van der Waals surface area contributed by atoms with Crippen molar-refractivity contribution in [1.29, 1.82) is 0 Å². The smallest absolute Gasteiger partial charge is 0.261 e. The first-order valence-corrected chi connectivity index (χ1v) is 7.91. The van der Waals surface area contributed by atoms with Gasteiger partial charge in [-0.1, -0.05) is 37.6 Å². The summed E-state index contributed by atoms with van der Waals surface area (Å²) in [5.41, 5.74) is 1.06. The second kappa shape index (κ2) is 6.96. The molecule has 0 radical (unpaired) electrons. The van der Waals surface area contributed by atoms with Gasteiger partial charge in [-0.25, -0.2) is 0 Å². The second-order valence-electron chi connectivity index (χ2n) is 5.07. The fourth-order valence-electron chi connectivity index (χ4n) is 2.09. The maximum atomic E-state index is 12.3. The van der Waals surface area contributed by atoms with E-state index in [-0.39, 0.29) is 17.9 Å². The van der Waals surface area contributed by atoms with Crippen molar-refractivity contribution in [3.8, 4) is 5.75 Å². The van der Waals surface area contributed by atoms with E-state index in [1.807, 2.05) is 24.3 Å². The van der Waals surface area contributed by atoms with Crippen LogP contribution in [0.3, 0.4) is 0 Å². The van der Waals surface area contributed by atoms with Crippen LogP contribution in [0, 0.1) is 5.92 Å². The van der Waals surface area contributed by atoms with E-state index in [9.17, 15) is 4.79 Å². The minimum atomic E-state index is -0.0959. The predicted octanol–water partition coefficient (Wildman–Crippen LogP) is 4.54. The van der Waals surface area contributed by atoms with Crippen LogP contribution in [0.1, 0.15) is 35.1 Å². The van der Waals surface area contributed by atoms with E-state index in [4.69, 9.17) is 16.3 Å². The average Bonchev–Trinajstić information content (AvgIpc) is 2.91. The number of ether oxygens (including phenoxy) is 1. The molecule has 1 unspecified atom stereocenters. The molecule has 21 heavy (non-hydrogen) atoms. The average molecular weight is 324 g/mol. The van der Waals surface area contributed by atoms with Crippen molar-refractivity contribution in [2.24, 2.45) is 5.92 Å². The van der Waals surface area contributed by atoms with Crippen molar-refractivity contribution in [1.82, 2.24) is 5.32 Å². The lowest BCUT2D eigenvalue weighted by Gasteiger charge is -2.22. The normalized spacial score (nSPS) is 12.2. The Balaban J connectivity index is 2.16. The highest BCUT2D eigenvalue weighted by Crippen LogP contribution is 2.26. The van der Waals surface area contributed by atoms with Crippen molar-refractivity contribution >= 4 is 28.8 Å². The maximum Gasteiger partial charge on any atom is 0.261 e. The number of hydrogen-bond donors (Lipinski definition) is 1. The molecule has 1 N–H and O–H groups in total. The van der Waals surface area contributed by atoms with Crippen LogP contribution in [-0.4, -0.2) is 13.0 Å². The zero-order chi connectivity index (χ0) is 15.4. The highest BCUT2D eigenvalue weighted by molar-refractivity contribution is 7.17. The largest absolute Gasteiger partial charge is 0.497 e. The number of thiophene rings is 1. The highest BCUT2D eigenvalue weighted by Gasteiger charge is 2.20. The van der Waals surface area contributed by atoms with Gasteiger partial charge in [-0.05, 0) is 35.7 Å². The lowest BCUT2D eigenvalue weighted by molar-refractivity contribution is 0.0930. The molecule has 3 nitrogen and oxygen atoms in total. The third kappa shape index (κ3) is 3.99. The molecule has 1 aromatic heterocycles. The van der Waals surface area contributed by atoms with Crippen LogP contribution in [0.4, 0.5) is 0 Å². The molecular weight excluding hydrogens is 306 g/mol. The van der Waals surface area contributed by atoms with Gasteiger partial charge in [0.25, 0.3) is 5.91 Å². The summed E-state index contributed by atoms with van der Waals surface area (Å²) in [6, 6.07) is 11.2. The minimum Gasteiger partial charge on any atom is -0.497 e. The Hall–Kier alpha value is -1.52. The van der Waals surface area contributed by atoms with Gasteiger partial charge >= 0.3 is 0 Å². The molecule has 0 fully saturated rings. The molecule has 1 amide bonds. The minimum absolute atomic E-state index is 0.0516. The maximum absolute atomic E-state index is 12.3. The van der Waals surface area contributed by atoms with Gasteiger partial charge in [-0.2, -0.15) is 0 Å². The SMILES string of the molecule is COc1ccc(C(NC(=O)c2ccc(Cl)s2)C(C)C)cc1. The third-order valence-electron chi connectivity index (χ3n) is 3.23. The van der Waals surface area contributed by atoms with Gasteiger partial charge in [0, 0.05) is 0 Å². The molecule has 0 bridgehead atoms. The molecular formula is C16H18ClNO2S. The van der Waals surface area contributed by atoms with Gasteiger partial charge in [0.2, 0.25) is 0 Å². The van der Waals surface area contributed by atoms with Crippen LogP contribution in [0.15, 0.2) is 36.4 Å². The van der Waals surface area contributed by atoms with Gasteiger partial charge in [0.1, 0.15) is 5.75 Å². The lowest BCUT2D eigenvalue weighted by Crippen LogP contribution is -2.31. The Labute approximate surface area is 133 Å². The zero-order valence-corrected chi connectivity index (χ0v) is 13.8. The van der Waals surface area contributed by atoms with Crippen molar-refractivity contribution < 1.29 is 9.53 Å². The predicted molar refractivity (Wildman–Crippen MR) is 87.4 cm³/mol. The van der Waals surface area contributed by atoms with Crippen LogP contribution in [-0.2, 0) is 0 Å². The topological polar surface area (TPSA) is 38.3 Å². The van der Waals surface area contributed by atoms with Crippen LogP contribution >= 0.6 is 22.9 Å². The number of carbonyl (C=O) groups excluding carboxylic acids is 1. The van der Waals surface area contributed by atoms with Crippen LogP contribution in [0.2, 0.25) is 4.34 Å². The monoisotopic (exact) mass is 323 g/mol. The molecule has 0 saturated carbocycles. The van der Waals surface area contributed by atoms with Crippen LogP contribution < -0.4 is 10.1 Å². The first-order valence-electron chi connectivity index (χ1n) is 6.71. The number of hydrogen-bond acceptors (Lipinski definition) is 3. The Morgan fingerprint density at radius 1 is 1.19 bits per heavy atom. The second-order valence-corrected chi connectivity index (χ2v) is 6.79. The van der Waals surface area contributed by atoms with Crippen LogP contribution in [0.25, 0.3) is 0 Å². The van der Waals surface area contributed by atoms with Gasteiger partial charge in [-0.3, -0.25) is 4.79 Å². The van der Waals surface area contributed by atoms with E-state index < -0.39 is 0 Å². The Morgan fingerprint density at radius 3 is 2.33 bits per heavy atom. The molecule has 1 heterocycles. The molecule has 0 aliphatic rings. The number of nitrogens with one attached hydrogen (secondary N) is 1. The molecule has 2 aromatic rings. The third-order valence-corrected chi connectivity index (χ3v) is 4.46. The molecule has 2 rings (SSSR count). The Morgan fingerprint density at radius 2 is 1.86 bits per heavy atom. The fourth-order valence-corrected chi connectivity index (χ4v) is 3.04. The molecule has 0 aliphatic carbocycles. The Bertz CT molecular complexity index is 607. The summed E-state index contributed by atoms with van der Waals surface area (Å²) in [4.78, 5) is 12.9. The zero-order valence-electron chi connectivity index (χ0n) is 12.2. The summed E-state index contributed by atoms with van der Waals surface area (Å²) in [6.45, 7) is 4.16. The van der Waals surface area contributed by atoms with Crippen molar-refractivity contribution in [2.75, 3.05) is 7.11 Å². The number of amides is 1. The number of methoxy groups -OCH3 is 1. The summed E-state index contributed by atoms with van der Waals surface area (Å²) in [6.07, 6.45) is 0. The molecule has 1 atom stereocenters. The number of carbonyl (C=O) groups is 1. The molecule has 1 aromatic carbocycles. The van der Waals surface area contributed by atoms with Gasteiger partial charge in [-0.15, -0.1) is 11.3 Å². The van der Waals surface area contributed by atoms with E-state index >= 15 is 0 Å². The standard InChI is InChI=1S/C16H18ClNO2S/c1-10(2)15(11-4-6-12(20-3)7-5-11)18-16(19)13-8-9-14(17)21-13/h4-10,15H,1-3H3,(H,18,19). The number of benzene rings is 1. The molecule has 0 saturated heterocycles. The summed E-state index contributed by atoms with van der Waals surface area (Å²) < 4.78 is 5.78. The summed E-state index contributed by atoms with van der Waals surface area (Å²) in [5.74, 6) is 0.983. The highest BCUT2D eigenvalue weighted by atomic mass is 35.5. The molecule has 112 valence electrons. The summed E-state index contributed by atoms with van der Waals surface area (Å²) in [5, 5.41) is 3.07. The molecule has 5 heteroatoms. The Kier molecular flexibility index (Phi) is 5.26. The van der Waals surface area contributed by atoms with E-state index in [0.29, 0.717) is 9.21 Å². The lowest BCUT2D eigenvalue weighted by atomic mass is 9.96. The summed E-state index contributed by atoms with van der Waals surface area (Å²) >= 11 is 7.16. The van der Waals surface area contributed by atoms with Gasteiger partial charge in [0.05, 0.1) is 22.4 Å². The summed E-state index contributed by atoms with van der Waals surface area (Å²) in [7, 11) is 1.64. The van der Waals surface area contributed by atoms with E-state index in [0.717, 1.165) is 11.3 Å².